The van der Waals surface area contributed by atoms with E-state index >= 15 is 0 Å². The highest BCUT2D eigenvalue weighted by molar-refractivity contribution is 6.31. The van der Waals surface area contributed by atoms with Crippen LogP contribution in [0.25, 0.3) is 0 Å². The van der Waals surface area contributed by atoms with Crippen molar-refractivity contribution in [1.82, 2.24) is 9.97 Å². The molecule has 0 radical (unpaired) electrons. The lowest BCUT2D eigenvalue weighted by Crippen LogP contribution is -2.06. The molecule has 1 heterocycles. The van der Waals surface area contributed by atoms with Crippen LogP contribution < -0.4 is 5.32 Å². The van der Waals surface area contributed by atoms with Gasteiger partial charge in [0.2, 0.25) is 0 Å². The van der Waals surface area contributed by atoms with E-state index in [1.54, 1.807) is 19.2 Å². The molecule has 3 nitrogen and oxygen atoms in total. The average molecular weight is 294 g/mol. The normalized spacial score (nSPS) is 10.9. The summed E-state index contributed by atoms with van der Waals surface area (Å²) in [5.41, 5.74) is 1.35. The van der Waals surface area contributed by atoms with Crippen molar-refractivity contribution in [2.24, 2.45) is 0 Å². The van der Waals surface area contributed by atoms with Crippen LogP contribution in [-0.2, 0) is 6.42 Å². The van der Waals surface area contributed by atoms with E-state index in [1.807, 2.05) is 6.07 Å². The maximum absolute atomic E-state index is 13.8. The third-order valence-electron chi connectivity index (χ3n) is 3.04. The van der Waals surface area contributed by atoms with E-state index < -0.39 is 0 Å². The van der Waals surface area contributed by atoms with E-state index in [0.717, 1.165) is 11.5 Å². The molecule has 106 valence electrons. The maximum Gasteiger partial charge on any atom is 0.135 e. The number of nitrogens with one attached hydrogen (secondary N) is 1. The predicted octanol–water partition coefficient (Wildman–Crippen LogP) is 4.03. The third-order valence-corrected chi connectivity index (χ3v) is 3.39. The molecule has 1 aromatic heterocycles. The Labute approximate surface area is 123 Å². The molecule has 0 atom stereocenters. The van der Waals surface area contributed by atoms with Crippen molar-refractivity contribution in [2.45, 2.75) is 26.2 Å². The van der Waals surface area contributed by atoms with Gasteiger partial charge in [-0.3, -0.25) is 0 Å². The lowest BCUT2D eigenvalue weighted by molar-refractivity contribution is 0.611. The molecule has 1 aromatic carbocycles. The standard InChI is InChI=1S/C15H17ClFN3/c1-9(2)13-8-14(18-3)20-15(19-13)7-10-11(16)5-4-6-12(10)17/h4-6,8-9H,7H2,1-3H3,(H,18,19,20). The van der Waals surface area contributed by atoms with Crippen molar-refractivity contribution < 1.29 is 4.39 Å². The third kappa shape index (κ3) is 3.25. The molecule has 0 unspecified atom stereocenters. The number of hydrogen-bond donors (Lipinski definition) is 1. The Kier molecular flexibility index (Phi) is 4.55. The minimum atomic E-state index is -0.331. The summed E-state index contributed by atoms with van der Waals surface area (Å²) in [7, 11) is 1.80. The van der Waals surface area contributed by atoms with Crippen LogP contribution in [0, 0.1) is 5.82 Å². The molecule has 1 N–H and O–H groups in total. The van der Waals surface area contributed by atoms with Crippen LogP contribution in [0.2, 0.25) is 5.02 Å². The Morgan fingerprint density at radius 1 is 1.30 bits per heavy atom. The van der Waals surface area contributed by atoms with Gasteiger partial charge < -0.3 is 5.32 Å². The number of hydrogen-bond acceptors (Lipinski definition) is 3. The van der Waals surface area contributed by atoms with Gasteiger partial charge in [-0.05, 0) is 18.1 Å². The van der Waals surface area contributed by atoms with Gasteiger partial charge in [-0.2, -0.15) is 0 Å². The number of aromatic nitrogens is 2. The van der Waals surface area contributed by atoms with E-state index in [2.05, 4.69) is 29.1 Å². The van der Waals surface area contributed by atoms with Crippen molar-refractivity contribution in [1.29, 1.82) is 0 Å². The van der Waals surface area contributed by atoms with E-state index in [-0.39, 0.29) is 18.2 Å². The van der Waals surface area contributed by atoms with Crippen LogP contribution in [0.1, 0.15) is 36.8 Å². The zero-order valence-corrected chi connectivity index (χ0v) is 12.5. The molecule has 0 aliphatic carbocycles. The summed E-state index contributed by atoms with van der Waals surface area (Å²) in [5, 5.41) is 3.40. The molecule has 0 bridgehead atoms. The first kappa shape index (κ1) is 14.7. The average Bonchev–Trinajstić information content (AvgIpc) is 2.42. The Morgan fingerprint density at radius 3 is 2.65 bits per heavy atom. The van der Waals surface area contributed by atoms with Crippen LogP contribution >= 0.6 is 11.6 Å². The van der Waals surface area contributed by atoms with Crippen molar-refractivity contribution in [2.75, 3.05) is 12.4 Å². The first-order chi connectivity index (χ1) is 9.51. The number of benzene rings is 1. The van der Waals surface area contributed by atoms with Crippen LogP contribution in [-0.4, -0.2) is 17.0 Å². The van der Waals surface area contributed by atoms with E-state index in [4.69, 9.17) is 11.6 Å². The second-order valence-electron chi connectivity index (χ2n) is 4.88. The number of anilines is 1. The minimum Gasteiger partial charge on any atom is -0.373 e. The SMILES string of the molecule is CNc1cc(C(C)C)nc(Cc2c(F)cccc2Cl)n1. The second kappa shape index (κ2) is 6.18. The summed E-state index contributed by atoms with van der Waals surface area (Å²) in [5.74, 6) is 1.24. The fourth-order valence-electron chi connectivity index (χ4n) is 1.88. The largest absolute Gasteiger partial charge is 0.373 e. The van der Waals surface area contributed by atoms with Gasteiger partial charge in [0.05, 0.1) is 0 Å². The van der Waals surface area contributed by atoms with Gasteiger partial charge in [-0.25, -0.2) is 14.4 Å². The second-order valence-corrected chi connectivity index (χ2v) is 5.28. The zero-order valence-electron chi connectivity index (χ0n) is 11.7. The Balaban J connectivity index is 2.40. The monoisotopic (exact) mass is 293 g/mol. The molecule has 0 aliphatic heterocycles. The van der Waals surface area contributed by atoms with Crippen molar-refractivity contribution in [3.05, 3.63) is 52.2 Å². The predicted molar refractivity (Wildman–Crippen MR) is 79.9 cm³/mol. The van der Waals surface area contributed by atoms with Gasteiger partial charge in [-0.15, -0.1) is 0 Å². The van der Waals surface area contributed by atoms with Crippen molar-refractivity contribution >= 4 is 17.4 Å². The highest BCUT2D eigenvalue weighted by atomic mass is 35.5. The molecular formula is C15H17ClFN3. The van der Waals surface area contributed by atoms with E-state index in [9.17, 15) is 4.39 Å². The molecule has 0 amide bonds. The van der Waals surface area contributed by atoms with Gasteiger partial charge in [0.1, 0.15) is 17.5 Å². The molecular weight excluding hydrogens is 277 g/mol. The number of halogens is 2. The summed E-state index contributed by atoms with van der Waals surface area (Å²) < 4.78 is 13.8. The smallest absolute Gasteiger partial charge is 0.135 e. The summed E-state index contributed by atoms with van der Waals surface area (Å²) in [4.78, 5) is 8.85. The van der Waals surface area contributed by atoms with Crippen molar-refractivity contribution in [3.8, 4) is 0 Å². The van der Waals surface area contributed by atoms with Crippen LogP contribution in [0.5, 0.6) is 0 Å². The van der Waals surface area contributed by atoms with Gasteiger partial charge in [0.15, 0.2) is 0 Å². The summed E-state index contributed by atoms with van der Waals surface area (Å²) in [6.07, 6.45) is 0.279. The van der Waals surface area contributed by atoms with Gasteiger partial charge in [-0.1, -0.05) is 31.5 Å². The zero-order chi connectivity index (χ0) is 14.7. The molecule has 0 spiro atoms. The van der Waals surface area contributed by atoms with Crippen molar-refractivity contribution in [3.63, 3.8) is 0 Å². The molecule has 2 aromatic rings. The van der Waals surface area contributed by atoms with E-state index in [1.165, 1.54) is 6.07 Å². The van der Waals surface area contributed by atoms with Crippen LogP contribution in [0.15, 0.2) is 24.3 Å². The van der Waals surface area contributed by atoms with Gasteiger partial charge in [0, 0.05) is 35.8 Å². The highest BCUT2D eigenvalue weighted by Gasteiger charge is 2.12. The fraction of sp³-hybridized carbons (Fsp3) is 0.333. The van der Waals surface area contributed by atoms with Crippen LogP contribution in [0.4, 0.5) is 10.2 Å². The molecule has 2 rings (SSSR count). The maximum atomic E-state index is 13.8. The summed E-state index contributed by atoms with van der Waals surface area (Å²) >= 11 is 6.04. The fourth-order valence-corrected chi connectivity index (χ4v) is 2.11. The van der Waals surface area contributed by atoms with Gasteiger partial charge in [0.25, 0.3) is 0 Å². The molecule has 0 saturated carbocycles. The Bertz CT molecular complexity index is 594. The minimum absolute atomic E-state index is 0.278. The molecule has 5 heteroatoms. The van der Waals surface area contributed by atoms with Gasteiger partial charge >= 0.3 is 0 Å². The van der Waals surface area contributed by atoms with Crippen LogP contribution in [0.3, 0.4) is 0 Å². The molecule has 0 aliphatic rings. The highest BCUT2D eigenvalue weighted by Crippen LogP contribution is 2.23. The van der Waals surface area contributed by atoms with E-state index in [0.29, 0.717) is 16.4 Å². The summed E-state index contributed by atoms with van der Waals surface area (Å²) in [6, 6.07) is 6.56. The number of rotatable bonds is 4. The lowest BCUT2D eigenvalue weighted by atomic mass is 10.1. The quantitative estimate of drug-likeness (QED) is 0.925. The Hall–Kier alpha value is -1.68. The summed E-state index contributed by atoms with van der Waals surface area (Å²) in [6.45, 7) is 4.11. The first-order valence-electron chi connectivity index (χ1n) is 6.49. The Morgan fingerprint density at radius 2 is 2.05 bits per heavy atom. The molecule has 0 fully saturated rings. The number of nitrogens with zero attached hydrogens (tertiary/aromatic N) is 2. The first-order valence-corrected chi connectivity index (χ1v) is 6.87. The lowest BCUT2D eigenvalue weighted by Gasteiger charge is -2.11. The topological polar surface area (TPSA) is 37.8 Å². The molecule has 0 saturated heterocycles. The molecule has 20 heavy (non-hydrogen) atoms.